The fourth-order valence-corrected chi connectivity index (χ4v) is 3.20. The van der Waals surface area contributed by atoms with Gasteiger partial charge in [-0.2, -0.15) is 0 Å². The normalized spacial score (nSPS) is 18.0. The van der Waals surface area contributed by atoms with E-state index < -0.39 is 18.1 Å². The molecule has 2 aromatic carbocycles. The number of halogens is 3. The number of rotatable bonds is 4. The number of carbonyl (C=O) groups is 2. The van der Waals surface area contributed by atoms with Gasteiger partial charge in [-0.3, -0.25) is 4.79 Å². The highest BCUT2D eigenvalue weighted by Gasteiger charge is 2.32. The van der Waals surface area contributed by atoms with E-state index in [4.69, 9.17) is 4.74 Å². The fourth-order valence-electron chi connectivity index (χ4n) is 3.20. The van der Waals surface area contributed by atoms with Crippen LogP contribution in [0.4, 0.5) is 18.9 Å². The van der Waals surface area contributed by atoms with Crippen LogP contribution in [0.1, 0.15) is 24.0 Å². The van der Waals surface area contributed by atoms with Crippen molar-refractivity contribution >= 4 is 29.5 Å². The third kappa shape index (κ3) is 4.19. The Morgan fingerprint density at radius 2 is 1.80 bits per heavy atom. The van der Waals surface area contributed by atoms with Crippen LogP contribution in [-0.2, 0) is 14.3 Å². The van der Waals surface area contributed by atoms with E-state index in [0.29, 0.717) is 18.5 Å². The number of para-hydroxylation sites is 1. The van der Waals surface area contributed by atoms with Crippen molar-refractivity contribution in [2.75, 3.05) is 11.4 Å². The van der Waals surface area contributed by atoms with Crippen molar-refractivity contribution in [1.82, 2.24) is 0 Å². The van der Waals surface area contributed by atoms with Crippen LogP contribution in [-0.4, -0.2) is 30.7 Å². The van der Waals surface area contributed by atoms with Crippen molar-refractivity contribution in [3.05, 3.63) is 65.4 Å². The number of hydrogen-bond acceptors (Lipinski definition) is 5. The van der Waals surface area contributed by atoms with Crippen LogP contribution in [0.15, 0.2) is 59.2 Å². The minimum atomic E-state index is -4.86. The lowest BCUT2D eigenvalue weighted by Crippen LogP contribution is -2.23. The predicted molar refractivity (Wildman–Crippen MR) is 102 cm³/mol. The van der Waals surface area contributed by atoms with Crippen LogP contribution < -0.4 is 9.64 Å². The molecule has 4 rings (SSSR count). The highest BCUT2D eigenvalue weighted by atomic mass is 19.4. The van der Waals surface area contributed by atoms with Gasteiger partial charge < -0.3 is 14.4 Å². The van der Waals surface area contributed by atoms with Crippen molar-refractivity contribution in [1.29, 1.82) is 0 Å². The monoisotopic (exact) mass is 416 g/mol. The zero-order valence-electron chi connectivity index (χ0n) is 15.5. The summed E-state index contributed by atoms with van der Waals surface area (Å²) in [5, 5.41) is 0. The van der Waals surface area contributed by atoms with Gasteiger partial charge in [0.25, 0.3) is 0 Å². The van der Waals surface area contributed by atoms with Gasteiger partial charge in [0, 0.05) is 29.8 Å². The number of esters is 1. The Bertz CT molecular complexity index is 1060. The third-order valence-electron chi connectivity index (χ3n) is 4.56. The maximum Gasteiger partial charge on any atom is 0.573 e. The Morgan fingerprint density at radius 1 is 1.07 bits per heavy atom. The summed E-state index contributed by atoms with van der Waals surface area (Å²) in [5.74, 6) is -1.16. The maximum atomic E-state index is 12.6. The molecular weight excluding hydrogens is 401 g/mol. The Hall–Kier alpha value is -3.62. The lowest BCUT2D eigenvalue weighted by Gasteiger charge is -2.15. The molecule has 0 atom stereocenters. The average molecular weight is 416 g/mol. The van der Waals surface area contributed by atoms with Crippen LogP contribution in [0.5, 0.6) is 5.75 Å². The minimum absolute atomic E-state index is 0.0276. The first-order valence-corrected chi connectivity index (χ1v) is 9.08. The van der Waals surface area contributed by atoms with E-state index in [1.807, 2.05) is 0 Å². The van der Waals surface area contributed by atoms with Gasteiger partial charge in [-0.1, -0.05) is 18.2 Å². The molecule has 0 bridgehead atoms. The minimum Gasteiger partial charge on any atom is -0.405 e. The quantitative estimate of drug-likeness (QED) is 0.557. The predicted octanol–water partition coefficient (Wildman–Crippen LogP) is 4.06. The molecule has 0 radical (unpaired) electrons. The number of hydrogen-bond donors (Lipinski definition) is 0. The third-order valence-corrected chi connectivity index (χ3v) is 4.56. The van der Waals surface area contributed by atoms with E-state index in [0.717, 1.165) is 18.2 Å². The average Bonchev–Trinajstić information content (AvgIpc) is 3.28. The maximum absolute atomic E-state index is 12.6. The fraction of sp³-hybridized carbons (Fsp3) is 0.190. The van der Waals surface area contributed by atoms with E-state index in [2.05, 4.69) is 9.73 Å². The van der Waals surface area contributed by atoms with Gasteiger partial charge in [-0.05, 0) is 42.8 Å². The second kappa shape index (κ2) is 7.66. The number of nitrogens with zero attached hydrogens (tertiary/aromatic N) is 2. The Kier molecular flexibility index (Phi) is 5.03. The van der Waals surface area contributed by atoms with E-state index >= 15 is 0 Å². The first-order valence-electron chi connectivity index (χ1n) is 9.08. The van der Waals surface area contributed by atoms with Crippen molar-refractivity contribution < 1.29 is 32.2 Å². The van der Waals surface area contributed by atoms with E-state index in [1.54, 1.807) is 29.2 Å². The van der Waals surface area contributed by atoms with Crippen LogP contribution in [0.25, 0.3) is 6.08 Å². The highest BCUT2D eigenvalue weighted by molar-refractivity contribution is 6.13. The molecule has 0 spiro atoms. The van der Waals surface area contributed by atoms with Gasteiger partial charge in [0.05, 0.1) is 0 Å². The number of ether oxygens (including phenoxy) is 2. The number of benzene rings is 2. The molecule has 1 saturated heterocycles. The summed E-state index contributed by atoms with van der Waals surface area (Å²) in [6, 6.07) is 12.2. The molecule has 1 fully saturated rings. The summed E-state index contributed by atoms with van der Waals surface area (Å²) in [5.41, 5.74) is 1.12. The zero-order valence-corrected chi connectivity index (χ0v) is 15.5. The molecule has 0 N–H and O–H groups in total. The van der Waals surface area contributed by atoms with E-state index in [-0.39, 0.29) is 23.1 Å². The summed E-state index contributed by atoms with van der Waals surface area (Å²) < 4.78 is 46.9. The Labute approximate surface area is 169 Å². The largest absolute Gasteiger partial charge is 0.573 e. The highest BCUT2D eigenvalue weighted by Crippen LogP contribution is 2.29. The van der Waals surface area contributed by atoms with Gasteiger partial charge in [-0.25, -0.2) is 9.79 Å². The number of amides is 1. The molecule has 154 valence electrons. The van der Waals surface area contributed by atoms with Crippen molar-refractivity contribution in [2.24, 2.45) is 4.99 Å². The molecule has 1 amide bonds. The zero-order chi connectivity index (χ0) is 21.3. The molecule has 9 heteroatoms. The van der Waals surface area contributed by atoms with E-state index in [1.165, 1.54) is 24.3 Å². The van der Waals surface area contributed by atoms with Crippen LogP contribution in [0.2, 0.25) is 0 Å². The van der Waals surface area contributed by atoms with Gasteiger partial charge in [-0.15, -0.1) is 13.2 Å². The van der Waals surface area contributed by atoms with Gasteiger partial charge >= 0.3 is 12.3 Å². The second-order valence-corrected chi connectivity index (χ2v) is 6.62. The van der Waals surface area contributed by atoms with Crippen molar-refractivity contribution in [3.8, 4) is 5.75 Å². The lowest BCUT2D eigenvalue weighted by molar-refractivity contribution is -0.274. The van der Waals surface area contributed by atoms with Crippen LogP contribution >= 0.6 is 0 Å². The molecule has 30 heavy (non-hydrogen) atoms. The van der Waals surface area contributed by atoms with Crippen molar-refractivity contribution in [3.63, 3.8) is 0 Å². The summed E-state index contributed by atoms with van der Waals surface area (Å²) in [6.07, 6.45) is -2.37. The molecule has 0 aliphatic carbocycles. The first-order chi connectivity index (χ1) is 14.3. The summed E-state index contributed by atoms with van der Waals surface area (Å²) in [6.45, 7) is 0.653. The van der Waals surface area contributed by atoms with Gasteiger partial charge in [0.2, 0.25) is 11.8 Å². The number of carbonyl (C=O) groups excluding carboxylic acids is 2. The molecule has 2 aromatic rings. The summed E-state index contributed by atoms with van der Waals surface area (Å²) in [7, 11) is 0. The number of cyclic esters (lactones) is 1. The summed E-state index contributed by atoms with van der Waals surface area (Å²) >= 11 is 0. The van der Waals surface area contributed by atoms with Gasteiger partial charge in [0.1, 0.15) is 5.75 Å². The molecule has 2 aliphatic rings. The topological polar surface area (TPSA) is 68.2 Å². The molecule has 2 heterocycles. The second-order valence-electron chi connectivity index (χ2n) is 6.62. The Morgan fingerprint density at radius 3 is 2.47 bits per heavy atom. The molecule has 6 nitrogen and oxygen atoms in total. The molecule has 0 aromatic heterocycles. The van der Waals surface area contributed by atoms with E-state index in [9.17, 15) is 22.8 Å². The molecule has 0 saturated carbocycles. The number of anilines is 1. The van der Waals surface area contributed by atoms with Crippen LogP contribution in [0.3, 0.4) is 0 Å². The smallest absolute Gasteiger partial charge is 0.405 e. The SMILES string of the molecule is O=C1OC(c2ccc(N3CCCC3=O)cc2)=N/C1=C\c1ccccc1OC(F)(F)F. The van der Waals surface area contributed by atoms with Gasteiger partial charge in [0.15, 0.2) is 5.70 Å². The number of alkyl halides is 3. The number of aliphatic imine (C=N–C) groups is 1. The Balaban J connectivity index is 1.58. The van der Waals surface area contributed by atoms with Crippen molar-refractivity contribution in [2.45, 2.75) is 19.2 Å². The molecule has 2 aliphatic heterocycles. The summed E-state index contributed by atoms with van der Waals surface area (Å²) in [4.78, 5) is 29.8. The van der Waals surface area contributed by atoms with Crippen LogP contribution in [0, 0.1) is 0 Å². The lowest BCUT2D eigenvalue weighted by atomic mass is 10.1. The molecular formula is C21H15F3N2O4. The standard InChI is InChI=1S/C21H15F3N2O4/c22-21(23,24)30-17-5-2-1-4-14(17)12-16-20(28)29-19(25-16)13-7-9-15(10-8-13)26-11-3-6-18(26)27/h1-2,4-5,7-10,12H,3,6,11H2/b16-12-. The first kappa shape index (κ1) is 19.7. The molecule has 0 unspecified atom stereocenters.